The van der Waals surface area contributed by atoms with Crippen molar-refractivity contribution >= 4 is 35.2 Å². The van der Waals surface area contributed by atoms with Crippen LogP contribution in [0, 0.1) is 18.8 Å². The molecular weight excluding hydrogens is 526 g/mol. The maximum Gasteiger partial charge on any atom is 0.408 e. The predicted octanol–water partition coefficient (Wildman–Crippen LogP) is 7.07. The third-order valence-electron chi connectivity index (χ3n) is 7.53. The van der Waals surface area contributed by atoms with Crippen LogP contribution >= 0.6 is 11.6 Å². The van der Waals surface area contributed by atoms with Gasteiger partial charge in [0.2, 0.25) is 5.91 Å². The van der Waals surface area contributed by atoms with Gasteiger partial charge in [-0.2, -0.15) is 0 Å². The van der Waals surface area contributed by atoms with Gasteiger partial charge in [0, 0.05) is 6.04 Å². The van der Waals surface area contributed by atoms with Crippen molar-refractivity contribution in [3.8, 4) is 0 Å². The molecular formula is C32H44ClN3O4. The zero-order valence-corrected chi connectivity index (χ0v) is 25.8. The maximum atomic E-state index is 14.5. The Balaban J connectivity index is 2.07. The molecule has 2 N–H and O–H groups in total. The largest absolute Gasteiger partial charge is 0.444 e. The molecule has 0 bridgehead atoms. The number of rotatable bonds is 10. The lowest BCUT2D eigenvalue weighted by molar-refractivity contribution is -0.142. The van der Waals surface area contributed by atoms with Crippen LogP contribution in [0.4, 0.5) is 10.5 Å². The van der Waals surface area contributed by atoms with Crippen molar-refractivity contribution in [1.29, 1.82) is 0 Å². The number of carbonyl (C=O) groups excluding carboxylic acids is 3. The molecule has 5 atom stereocenters. The molecule has 1 aliphatic rings. The van der Waals surface area contributed by atoms with Crippen LogP contribution in [0.5, 0.6) is 0 Å². The Bertz CT molecular complexity index is 1190. The average Bonchev–Trinajstić information content (AvgIpc) is 3.61. The Morgan fingerprint density at radius 1 is 1.10 bits per heavy atom. The first-order chi connectivity index (χ1) is 18.8. The molecule has 7 nitrogen and oxygen atoms in total. The Labute approximate surface area is 244 Å². The third-order valence-corrected chi connectivity index (χ3v) is 7.85. The predicted molar refractivity (Wildman–Crippen MR) is 160 cm³/mol. The van der Waals surface area contributed by atoms with Crippen molar-refractivity contribution in [2.75, 3.05) is 5.32 Å². The molecule has 0 heterocycles. The summed E-state index contributed by atoms with van der Waals surface area (Å²) in [7, 11) is 0. The normalized spacial score (nSPS) is 18.7. The number of halogens is 1. The number of hydrogen-bond acceptors (Lipinski definition) is 4. The van der Waals surface area contributed by atoms with Crippen molar-refractivity contribution in [1.82, 2.24) is 10.2 Å². The fraction of sp³-hybridized carbons (Fsp3) is 0.531. The molecule has 5 unspecified atom stereocenters. The van der Waals surface area contributed by atoms with E-state index in [4.69, 9.17) is 16.3 Å². The highest BCUT2D eigenvalue weighted by atomic mass is 35.5. The summed E-state index contributed by atoms with van der Waals surface area (Å²) >= 11 is 6.47. The van der Waals surface area contributed by atoms with E-state index in [9.17, 15) is 14.4 Å². The van der Waals surface area contributed by atoms with E-state index in [-0.39, 0.29) is 29.7 Å². The minimum absolute atomic E-state index is 0.145. The van der Waals surface area contributed by atoms with Crippen molar-refractivity contribution in [2.24, 2.45) is 11.8 Å². The molecule has 3 rings (SSSR count). The lowest BCUT2D eigenvalue weighted by atomic mass is 9.95. The maximum absolute atomic E-state index is 14.5. The average molecular weight is 570 g/mol. The summed E-state index contributed by atoms with van der Waals surface area (Å²) in [5.74, 6) is -0.623. The molecule has 1 aliphatic carbocycles. The molecule has 1 fully saturated rings. The summed E-state index contributed by atoms with van der Waals surface area (Å²) in [5.41, 5.74) is 2.46. The monoisotopic (exact) mass is 569 g/mol. The quantitative estimate of drug-likeness (QED) is 0.320. The topological polar surface area (TPSA) is 87.7 Å². The standard InChI is InChI=1S/C32H44ClN3O4/c1-9-19(3)27(35-31(39)40-32(6,7)8)30(38)36(25-18-21(25)5)28(23-16-14-22(10-2)15-17-23)29(37)34-26-20(4)12-11-13-24(26)33/h11-17,19,21,25,27-28H,9-10,18H2,1-8H3,(H,34,37)(H,35,39). The first-order valence-corrected chi connectivity index (χ1v) is 14.6. The van der Waals surface area contributed by atoms with Gasteiger partial charge in [-0.25, -0.2) is 4.79 Å². The van der Waals surface area contributed by atoms with Crippen LogP contribution in [0.15, 0.2) is 42.5 Å². The van der Waals surface area contributed by atoms with Crippen molar-refractivity contribution in [3.63, 3.8) is 0 Å². The van der Waals surface area contributed by atoms with Crippen LogP contribution in [0.2, 0.25) is 5.02 Å². The molecule has 2 aromatic carbocycles. The van der Waals surface area contributed by atoms with Gasteiger partial charge in [-0.15, -0.1) is 0 Å². The summed E-state index contributed by atoms with van der Waals surface area (Å²) < 4.78 is 5.50. The summed E-state index contributed by atoms with van der Waals surface area (Å²) in [4.78, 5) is 43.1. The van der Waals surface area contributed by atoms with Gasteiger partial charge in [-0.1, -0.05) is 82.1 Å². The van der Waals surface area contributed by atoms with E-state index < -0.39 is 23.8 Å². The fourth-order valence-electron chi connectivity index (χ4n) is 4.81. The molecule has 8 heteroatoms. The van der Waals surface area contributed by atoms with E-state index in [0.29, 0.717) is 22.7 Å². The third kappa shape index (κ3) is 7.78. The Morgan fingerprint density at radius 2 is 1.73 bits per heavy atom. The van der Waals surface area contributed by atoms with Gasteiger partial charge in [-0.3, -0.25) is 9.59 Å². The zero-order valence-electron chi connectivity index (χ0n) is 25.0. The van der Waals surface area contributed by atoms with Crippen molar-refractivity contribution in [2.45, 2.75) is 98.4 Å². The second kappa shape index (κ2) is 13.1. The molecule has 0 aromatic heterocycles. The number of hydrogen-bond donors (Lipinski definition) is 2. The Hall–Kier alpha value is -3.06. The number of benzene rings is 2. The van der Waals surface area contributed by atoms with Gasteiger partial charge in [0.15, 0.2) is 0 Å². The van der Waals surface area contributed by atoms with E-state index in [1.165, 1.54) is 0 Å². The molecule has 0 spiro atoms. The van der Waals surface area contributed by atoms with Crippen LogP contribution in [0.25, 0.3) is 0 Å². The van der Waals surface area contributed by atoms with E-state index in [0.717, 1.165) is 24.0 Å². The first-order valence-electron chi connectivity index (χ1n) is 14.2. The number of aryl methyl sites for hydroxylation is 2. The van der Waals surface area contributed by atoms with E-state index in [1.807, 2.05) is 57.2 Å². The molecule has 2 aromatic rings. The molecule has 1 saturated carbocycles. The van der Waals surface area contributed by atoms with Crippen molar-refractivity contribution in [3.05, 3.63) is 64.2 Å². The lowest BCUT2D eigenvalue weighted by Gasteiger charge is -2.36. The van der Waals surface area contributed by atoms with Gasteiger partial charge in [-0.05, 0) is 75.1 Å². The van der Waals surface area contributed by atoms with E-state index in [2.05, 4.69) is 24.5 Å². The highest BCUT2D eigenvalue weighted by Gasteiger charge is 2.49. The number of anilines is 1. The number of amides is 3. The first kappa shape index (κ1) is 31.5. The second-order valence-electron chi connectivity index (χ2n) is 12.0. The summed E-state index contributed by atoms with van der Waals surface area (Å²) in [6.45, 7) is 15.2. The van der Waals surface area contributed by atoms with E-state index in [1.54, 1.807) is 31.7 Å². The van der Waals surface area contributed by atoms with Crippen LogP contribution in [-0.2, 0) is 20.7 Å². The Kier molecular flexibility index (Phi) is 10.3. The summed E-state index contributed by atoms with van der Waals surface area (Å²) in [6.07, 6.45) is 1.62. The molecule has 3 amide bonds. The van der Waals surface area contributed by atoms with Crippen LogP contribution in [-0.4, -0.2) is 40.5 Å². The van der Waals surface area contributed by atoms with Gasteiger partial charge >= 0.3 is 6.09 Å². The summed E-state index contributed by atoms with van der Waals surface area (Å²) in [5, 5.41) is 6.27. The number of carbonyl (C=O) groups is 3. The lowest BCUT2D eigenvalue weighted by Crippen LogP contribution is -2.55. The summed E-state index contributed by atoms with van der Waals surface area (Å²) in [6, 6.07) is 11.3. The second-order valence-corrected chi connectivity index (χ2v) is 12.4. The highest BCUT2D eigenvalue weighted by molar-refractivity contribution is 6.34. The van der Waals surface area contributed by atoms with Gasteiger partial charge in [0.25, 0.3) is 5.91 Å². The molecule has 40 heavy (non-hydrogen) atoms. The minimum Gasteiger partial charge on any atom is -0.444 e. The molecule has 0 saturated heterocycles. The van der Waals surface area contributed by atoms with Gasteiger partial charge < -0.3 is 20.3 Å². The van der Waals surface area contributed by atoms with Gasteiger partial charge in [0.05, 0.1) is 10.7 Å². The van der Waals surface area contributed by atoms with Crippen molar-refractivity contribution < 1.29 is 19.1 Å². The highest BCUT2D eigenvalue weighted by Crippen LogP contribution is 2.42. The van der Waals surface area contributed by atoms with Crippen LogP contribution in [0.3, 0.4) is 0 Å². The van der Waals surface area contributed by atoms with Gasteiger partial charge in [0.1, 0.15) is 17.7 Å². The molecule has 218 valence electrons. The number of ether oxygens (including phenoxy) is 1. The number of alkyl carbamates (subject to hydrolysis) is 1. The SMILES string of the molecule is CCc1ccc(C(C(=O)Nc2c(C)cccc2Cl)N(C(=O)C(NC(=O)OC(C)(C)C)C(C)CC)C2CC2C)cc1. The van der Waals surface area contributed by atoms with Crippen LogP contribution in [0.1, 0.15) is 84.0 Å². The molecule has 0 radical (unpaired) electrons. The fourth-order valence-corrected chi connectivity index (χ4v) is 5.08. The minimum atomic E-state index is -0.920. The smallest absolute Gasteiger partial charge is 0.408 e. The molecule has 0 aliphatic heterocycles. The number of para-hydroxylation sites is 1. The van der Waals surface area contributed by atoms with E-state index >= 15 is 0 Å². The number of nitrogens with zero attached hydrogens (tertiary/aromatic N) is 1. The zero-order chi connectivity index (χ0) is 29.8. The Morgan fingerprint density at radius 3 is 2.23 bits per heavy atom. The number of nitrogens with one attached hydrogen (secondary N) is 2. The van der Waals surface area contributed by atoms with Crippen LogP contribution < -0.4 is 10.6 Å².